The van der Waals surface area contributed by atoms with Crippen molar-refractivity contribution in [3.63, 3.8) is 0 Å². The molecular weight excluding hydrogens is 254 g/mol. The Labute approximate surface area is 108 Å². The molecule has 0 fully saturated rings. The highest BCUT2D eigenvalue weighted by Gasteiger charge is 2.20. The normalized spacial score (nSPS) is 13.7. The van der Waals surface area contributed by atoms with Crippen LogP contribution in [0.3, 0.4) is 0 Å². The summed E-state index contributed by atoms with van der Waals surface area (Å²) in [6.45, 7) is 5.16. The molecule has 104 valence electrons. The summed E-state index contributed by atoms with van der Waals surface area (Å²) < 4.78 is 28.1. The Hall–Kier alpha value is -0.990. The van der Waals surface area contributed by atoms with E-state index >= 15 is 0 Å². The van der Waals surface area contributed by atoms with Crippen LogP contribution in [0.15, 0.2) is 6.33 Å². The molecule has 0 bridgehead atoms. The summed E-state index contributed by atoms with van der Waals surface area (Å²) in [5.74, 6) is 0.590. The van der Waals surface area contributed by atoms with Gasteiger partial charge in [-0.3, -0.25) is 0 Å². The molecule has 1 rings (SSSR count). The number of sulfonamides is 1. The molecule has 1 aromatic heterocycles. The highest BCUT2D eigenvalue weighted by Crippen LogP contribution is 1.99. The van der Waals surface area contributed by atoms with Crippen LogP contribution in [0.2, 0.25) is 0 Å². The summed E-state index contributed by atoms with van der Waals surface area (Å²) in [6.07, 6.45) is 2.52. The van der Waals surface area contributed by atoms with Gasteiger partial charge in [0.25, 0.3) is 0 Å². The van der Waals surface area contributed by atoms with Crippen LogP contribution in [0, 0.1) is 0 Å². The van der Waals surface area contributed by atoms with Crippen LogP contribution in [0.5, 0.6) is 0 Å². The van der Waals surface area contributed by atoms with Crippen molar-refractivity contribution in [3.8, 4) is 0 Å². The molecule has 0 saturated heterocycles. The van der Waals surface area contributed by atoms with Gasteiger partial charge in [0.05, 0.1) is 11.8 Å². The second kappa shape index (κ2) is 6.81. The Bertz CT molecular complexity index is 457. The lowest BCUT2D eigenvalue weighted by molar-refractivity contribution is 0.553. The number of nitrogens with zero attached hydrogens (tertiary/aromatic N) is 3. The van der Waals surface area contributed by atoms with Gasteiger partial charge in [-0.2, -0.15) is 0 Å². The Morgan fingerprint density at radius 2 is 2.22 bits per heavy atom. The van der Waals surface area contributed by atoms with E-state index in [4.69, 9.17) is 0 Å². The summed E-state index contributed by atoms with van der Waals surface area (Å²) >= 11 is 0. The van der Waals surface area contributed by atoms with Gasteiger partial charge in [0.1, 0.15) is 12.2 Å². The molecule has 0 amide bonds. The SMILES string of the molecule is CCCNCC(C)S(=O)(=O)NCc1nncn1C. The molecule has 0 aromatic carbocycles. The summed E-state index contributed by atoms with van der Waals surface area (Å²) in [7, 11) is -1.55. The number of aromatic nitrogens is 3. The fourth-order valence-electron chi connectivity index (χ4n) is 1.37. The zero-order valence-electron chi connectivity index (χ0n) is 11.0. The van der Waals surface area contributed by atoms with E-state index in [9.17, 15) is 8.42 Å². The first-order chi connectivity index (χ1) is 8.47. The van der Waals surface area contributed by atoms with Gasteiger partial charge in [-0.1, -0.05) is 6.92 Å². The van der Waals surface area contributed by atoms with Crippen molar-refractivity contribution in [1.82, 2.24) is 24.8 Å². The Kier molecular flexibility index (Phi) is 5.70. The molecule has 1 atom stereocenters. The lowest BCUT2D eigenvalue weighted by Crippen LogP contribution is -2.39. The topological polar surface area (TPSA) is 88.9 Å². The average molecular weight is 275 g/mol. The van der Waals surface area contributed by atoms with E-state index in [-0.39, 0.29) is 6.54 Å². The van der Waals surface area contributed by atoms with E-state index < -0.39 is 15.3 Å². The minimum Gasteiger partial charge on any atom is -0.320 e. The molecule has 2 N–H and O–H groups in total. The standard InChI is InChI=1S/C10H21N5O2S/c1-4-5-11-6-9(2)18(16,17)13-7-10-14-12-8-15(10)3/h8-9,11,13H,4-7H2,1-3H3. The van der Waals surface area contributed by atoms with Crippen LogP contribution in [-0.2, 0) is 23.6 Å². The lowest BCUT2D eigenvalue weighted by atomic mass is 10.4. The van der Waals surface area contributed by atoms with E-state index in [2.05, 4.69) is 20.2 Å². The van der Waals surface area contributed by atoms with E-state index in [0.29, 0.717) is 12.4 Å². The Morgan fingerprint density at radius 1 is 1.50 bits per heavy atom. The van der Waals surface area contributed by atoms with Crippen molar-refractivity contribution >= 4 is 10.0 Å². The first-order valence-electron chi connectivity index (χ1n) is 5.99. The van der Waals surface area contributed by atoms with Gasteiger partial charge in [-0.05, 0) is 19.9 Å². The Balaban J connectivity index is 2.46. The molecule has 8 heteroatoms. The third kappa shape index (κ3) is 4.35. The zero-order chi connectivity index (χ0) is 13.6. The van der Waals surface area contributed by atoms with Crippen LogP contribution in [-0.4, -0.2) is 41.5 Å². The smallest absolute Gasteiger partial charge is 0.215 e. The maximum Gasteiger partial charge on any atom is 0.215 e. The van der Waals surface area contributed by atoms with E-state index in [1.54, 1.807) is 18.5 Å². The second-order valence-corrected chi connectivity index (χ2v) is 6.42. The summed E-state index contributed by atoms with van der Waals surface area (Å²) in [5.41, 5.74) is 0. The molecule has 7 nitrogen and oxygen atoms in total. The van der Waals surface area contributed by atoms with Gasteiger partial charge in [-0.25, -0.2) is 13.1 Å². The highest BCUT2D eigenvalue weighted by molar-refractivity contribution is 7.90. The predicted octanol–water partition coefficient (Wildman–Crippen LogP) is -0.377. The molecule has 0 aliphatic heterocycles. The van der Waals surface area contributed by atoms with Crippen molar-refractivity contribution in [2.75, 3.05) is 13.1 Å². The number of hydrogen-bond acceptors (Lipinski definition) is 5. The van der Waals surface area contributed by atoms with Crippen LogP contribution >= 0.6 is 0 Å². The van der Waals surface area contributed by atoms with Crippen molar-refractivity contribution < 1.29 is 8.42 Å². The molecule has 0 aliphatic rings. The summed E-state index contributed by atoms with van der Waals surface area (Å²) in [4.78, 5) is 0. The maximum atomic E-state index is 11.9. The number of hydrogen-bond donors (Lipinski definition) is 2. The van der Waals surface area contributed by atoms with Crippen LogP contribution in [0.25, 0.3) is 0 Å². The second-order valence-electron chi connectivity index (χ2n) is 4.24. The van der Waals surface area contributed by atoms with Crippen molar-refractivity contribution in [2.24, 2.45) is 7.05 Å². The molecule has 0 saturated carbocycles. The number of nitrogens with one attached hydrogen (secondary N) is 2. The monoisotopic (exact) mass is 275 g/mol. The zero-order valence-corrected chi connectivity index (χ0v) is 11.9. The van der Waals surface area contributed by atoms with Gasteiger partial charge >= 0.3 is 0 Å². The average Bonchev–Trinajstić information content (AvgIpc) is 2.72. The minimum absolute atomic E-state index is 0.164. The van der Waals surface area contributed by atoms with Crippen molar-refractivity contribution in [3.05, 3.63) is 12.2 Å². The van der Waals surface area contributed by atoms with E-state index in [1.165, 1.54) is 6.33 Å². The Morgan fingerprint density at radius 3 is 2.78 bits per heavy atom. The number of rotatable bonds is 8. The first kappa shape index (κ1) is 15.1. The highest BCUT2D eigenvalue weighted by atomic mass is 32.2. The molecule has 0 spiro atoms. The minimum atomic E-state index is -3.33. The van der Waals surface area contributed by atoms with Gasteiger partial charge in [0, 0.05) is 13.6 Å². The predicted molar refractivity (Wildman–Crippen MR) is 69.4 cm³/mol. The van der Waals surface area contributed by atoms with Gasteiger partial charge in [0.2, 0.25) is 10.0 Å². The fraction of sp³-hybridized carbons (Fsp3) is 0.800. The molecule has 1 unspecified atom stereocenters. The van der Waals surface area contributed by atoms with Crippen LogP contribution in [0.4, 0.5) is 0 Å². The molecule has 1 aromatic rings. The van der Waals surface area contributed by atoms with E-state index in [1.807, 2.05) is 6.92 Å². The summed E-state index contributed by atoms with van der Waals surface area (Å²) in [5, 5.41) is 10.1. The van der Waals surface area contributed by atoms with Crippen LogP contribution < -0.4 is 10.0 Å². The molecule has 0 aliphatic carbocycles. The molecule has 0 radical (unpaired) electrons. The van der Waals surface area contributed by atoms with Crippen molar-refractivity contribution in [2.45, 2.75) is 32.1 Å². The van der Waals surface area contributed by atoms with Crippen LogP contribution in [0.1, 0.15) is 26.1 Å². The third-order valence-corrected chi connectivity index (χ3v) is 4.40. The molecular formula is C10H21N5O2S. The summed E-state index contributed by atoms with van der Waals surface area (Å²) in [6, 6.07) is 0. The first-order valence-corrected chi connectivity index (χ1v) is 7.54. The molecule has 1 heterocycles. The maximum absolute atomic E-state index is 11.9. The van der Waals surface area contributed by atoms with Crippen molar-refractivity contribution in [1.29, 1.82) is 0 Å². The molecule has 18 heavy (non-hydrogen) atoms. The fourth-order valence-corrected chi connectivity index (χ4v) is 2.32. The van der Waals surface area contributed by atoms with Gasteiger partial charge in [0.15, 0.2) is 0 Å². The lowest BCUT2D eigenvalue weighted by Gasteiger charge is -2.14. The van der Waals surface area contributed by atoms with Gasteiger partial charge in [-0.15, -0.1) is 10.2 Å². The quantitative estimate of drug-likeness (QED) is 0.632. The third-order valence-electron chi connectivity index (χ3n) is 2.62. The van der Waals surface area contributed by atoms with Gasteiger partial charge < -0.3 is 9.88 Å². The number of aryl methyl sites for hydroxylation is 1. The largest absolute Gasteiger partial charge is 0.320 e. The van der Waals surface area contributed by atoms with E-state index in [0.717, 1.165) is 13.0 Å².